The summed E-state index contributed by atoms with van der Waals surface area (Å²) in [7, 11) is 1.96. The summed E-state index contributed by atoms with van der Waals surface area (Å²) < 4.78 is 5.92. The van der Waals surface area contributed by atoms with Crippen LogP contribution in [0.5, 0.6) is 5.75 Å². The smallest absolute Gasteiger partial charge is 0.260 e. The Balaban J connectivity index is 1.33. The Hall–Kier alpha value is -2.33. The number of ether oxygens (including phenoxy) is 1. The lowest BCUT2D eigenvalue weighted by Gasteiger charge is -2.44. The van der Waals surface area contributed by atoms with Gasteiger partial charge in [0.2, 0.25) is 0 Å². The molecule has 0 radical (unpaired) electrons. The summed E-state index contributed by atoms with van der Waals surface area (Å²) in [6, 6.07) is 19.0. The Labute approximate surface area is 193 Å². The van der Waals surface area contributed by atoms with E-state index in [2.05, 4.69) is 47.4 Å². The van der Waals surface area contributed by atoms with Gasteiger partial charge in [0.15, 0.2) is 6.61 Å². The maximum atomic E-state index is 12.8. The molecule has 2 heterocycles. The van der Waals surface area contributed by atoms with Crippen molar-refractivity contribution in [2.75, 3.05) is 39.8 Å². The van der Waals surface area contributed by atoms with Crippen molar-refractivity contribution in [3.8, 4) is 5.75 Å². The number of para-hydroxylation sites is 1. The van der Waals surface area contributed by atoms with Gasteiger partial charge in [-0.05, 0) is 87.2 Å². The van der Waals surface area contributed by atoms with Gasteiger partial charge in [-0.1, -0.05) is 55.0 Å². The van der Waals surface area contributed by atoms with Crippen LogP contribution in [0.25, 0.3) is 0 Å². The molecule has 0 unspecified atom stereocenters. The van der Waals surface area contributed by atoms with Crippen LogP contribution in [0.15, 0.2) is 54.6 Å². The quantitative estimate of drug-likeness (QED) is 0.681. The molecule has 172 valence electrons. The molecule has 32 heavy (non-hydrogen) atoms. The van der Waals surface area contributed by atoms with Gasteiger partial charge in [0.25, 0.3) is 5.91 Å². The number of hydrogen-bond acceptors (Lipinski definition) is 3. The van der Waals surface area contributed by atoms with E-state index in [1.807, 2.05) is 24.1 Å². The molecule has 2 aromatic carbocycles. The second-order valence-corrected chi connectivity index (χ2v) is 9.78. The van der Waals surface area contributed by atoms with Crippen molar-refractivity contribution in [2.45, 2.75) is 51.4 Å². The van der Waals surface area contributed by atoms with Gasteiger partial charge >= 0.3 is 0 Å². The van der Waals surface area contributed by atoms with Crippen LogP contribution in [0.2, 0.25) is 0 Å². The van der Waals surface area contributed by atoms with Gasteiger partial charge in [-0.2, -0.15) is 0 Å². The lowest BCUT2D eigenvalue weighted by Crippen LogP contribution is -2.47. The van der Waals surface area contributed by atoms with E-state index in [4.69, 9.17) is 4.74 Å². The Bertz CT molecular complexity index is 859. The van der Waals surface area contributed by atoms with Crippen LogP contribution in [-0.2, 0) is 17.6 Å². The molecule has 2 aliphatic heterocycles. The summed E-state index contributed by atoms with van der Waals surface area (Å²) >= 11 is 0. The number of hydrogen-bond donors (Lipinski definition) is 0. The van der Waals surface area contributed by atoms with Crippen molar-refractivity contribution in [2.24, 2.45) is 5.41 Å². The average Bonchev–Trinajstić information content (AvgIpc) is 2.82. The van der Waals surface area contributed by atoms with Gasteiger partial charge < -0.3 is 14.5 Å². The fourth-order valence-electron chi connectivity index (χ4n) is 5.40. The zero-order valence-corrected chi connectivity index (χ0v) is 19.6. The van der Waals surface area contributed by atoms with Crippen molar-refractivity contribution < 1.29 is 9.53 Å². The molecule has 4 nitrogen and oxygen atoms in total. The third kappa shape index (κ3) is 6.13. The molecule has 0 aliphatic carbocycles. The zero-order chi connectivity index (χ0) is 22.2. The van der Waals surface area contributed by atoms with Crippen molar-refractivity contribution in [3.63, 3.8) is 0 Å². The van der Waals surface area contributed by atoms with Crippen LogP contribution in [0.4, 0.5) is 0 Å². The Morgan fingerprint density at radius 3 is 2.50 bits per heavy atom. The van der Waals surface area contributed by atoms with E-state index >= 15 is 0 Å². The average molecular weight is 435 g/mol. The number of rotatable bonds is 4. The lowest BCUT2D eigenvalue weighted by molar-refractivity contribution is -0.134. The second-order valence-electron chi connectivity index (χ2n) is 9.78. The molecule has 0 saturated carbocycles. The minimum atomic E-state index is 0.0880. The molecule has 4 rings (SSSR count). The highest BCUT2D eigenvalue weighted by molar-refractivity contribution is 5.77. The molecule has 1 amide bonds. The predicted molar refractivity (Wildman–Crippen MR) is 130 cm³/mol. The molecular formula is C28H38N2O2. The number of likely N-dealkylation sites (tertiary alicyclic amines) is 1. The third-order valence-corrected chi connectivity index (χ3v) is 7.42. The summed E-state index contributed by atoms with van der Waals surface area (Å²) in [6.07, 6.45) is 9.38. The SMILES string of the molecule is CN1CC2(CCCCc3ccccc3OCC1=O)CCN(CCCc1ccccc1)CC2. The van der Waals surface area contributed by atoms with Gasteiger partial charge in [0, 0.05) is 13.6 Å². The maximum absolute atomic E-state index is 12.8. The van der Waals surface area contributed by atoms with E-state index in [1.54, 1.807) is 0 Å². The number of likely N-dealkylation sites (N-methyl/N-ethyl adjacent to an activating group) is 1. The molecular weight excluding hydrogens is 396 g/mol. The first-order chi connectivity index (χ1) is 15.6. The van der Waals surface area contributed by atoms with Gasteiger partial charge in [-0.3, -0.25) is 4.79 Å². The standard InChI is InChI=1S/C28H38N2O2/c1-29-23-28(16-8-7-14-25-13-5-6-15-26(25)32-22-27(29)31)17-20-30(21-18-28)19-9-12-24-10-3-2-4-11-24/h2-6,10-11,13,15H,7-9,12,14,16-23H2,1H3. The normalized spacial score (nSPS) is 20.2. The van der Waals surface area contributed by atoms with Crippen molar-refractivity contribution in [1.29, 1.82) is 0 Å². The first kappa shape index (κ1) is 22.8. The van der Waals surface area contributed by atoms with Gasteiger partial charge in [0.1, 0.15) is 5.75 Å². The molecule has 2 aromatic rings. The van der Waals surface area contributed by atoms with Crippen molar-refractivity contribution in [3.05, 3.63) is 65.7 Å². The van der Waals surface area contributed by atoms with Crippen LogP contribution in [0.3, 0.4) is 0 Å². The fraction of sp³-hybridized carbons (Fsp3) is 0.536. The Morgan fingerprint density at radius 1 is 0.938 bits per heavy atom. The van der Waals surface area contributed by atoms with Gasteiger partial charge in [0.05, 0.1) is 0 Å². The first-order valence-electron chi connectivity index (χ1n) is 12.3. The number of amides is 1. The number of fused-ring (bicyclic) bond motifs is 1. The minimum absolute atomic E-state index is 0.0880. The molecule has 1 fully saturated rings. The van der Waals surface area contributed by atoms with Crippen LogP contribution < -0.4 is 4.74 Å². The highest BCUT2D eigenvalue weighted by atomic mass is 16.5. The van der Waals surface area contributed by atoms with Crippen LogP contribution in [0.1, 0.15) is 49.7 Å². The monoisotopic (exact) mass is 434 g/mol. The van der Waals surface area contributed by atoms with Gasteiger partial charge in [-0.15, -0.1) is 0 Å². The van der Waals surface area contributed by atoms with Crippen LogP contribution in [-0.4, -0.2) is 55.5 Å². The molecule has 0 bridgehead atoms. The molecule has 1 spiro atoms. The van der Waals surface area contributed by atoms with E-state index in [-0.39, 0.29) is 17.9 Å². The summed E-state index contributed by atoms with van der Waals surface area (Å²) in [5, 5.41) is 0. The number of benzene rings is 2. The van der Waals surface area contributed by atoms with Crippen LogP contribution in [0, 0.1) is 5.41 Å². The number of carbonyl (C=O) groups is 1. The highest BCUT2D eigenvalue weighted by Crippen LogP contribution is 2.38. The first-order valence-corrected chi connectivity index (χ1v) is 12.3. The number of carbonyl (C=O) groups excluding carboxylic acids is 1. The Morgan fingerprint density at radius 2 is 1.69 bits per heavy atom. The molecule has 1 saturated heterocycles. The number of nitrogens with zero attached hydrogens (tertiary/aromatic N) is 2. The second kappa shape index (κ2) is 11.0. The zero-order valence-electron chi connectivity index (χ0n) is 19.6. The molecule has 2 aliphatic rings. The molecule has 0 N–H and O–H groups in total. The van der Waals surface area contributed by atoms with E-state index in [0.717, 1.165) is 38.2 Å². The van der Waals surface area contributed by atoms with Crippen molar-refractivity contribution >= 4 is 5.91 Å². The summed E-state index contributed by atoms with van der Waals surface area (Å²) in [5.74, 6) is 0.957. The van der Waals surface area contributed by atoms with E-state index in [9.17, 15) is 4.79 Å². The molecule has 0 atom stereocenters. The fourth-order valence-corrected chi connectivity index (χ4v) is 5.40. The molecule has 4 heteroatoms. The van der Waals surface area contributed by atoms with E-state index in [1.165, 1.54) is 56.2 Å². The summed E-state index contributed by atoms with van der Waals surface area (Å²) in [4.78, 5) is 17.4. The number of aryl methyl sites for hydroxylation is 2. The summed E-state index contributed by atoms with van der Waals surface area (Å²) in [5.41, 5.74) is 2.91. The van der Waals surface area contributed by atoms with Gasteiger partial charge in [-0.25, -0.2) is 0 Å². The highest BCUT2D eigenvalue weighted by Gasteiger charge is 2.36. The van der Waals surface area contributed by atoms with E-state index < -0.39 is 0 Å². The van der Waals surface area contributed by atoms with E-state index in [0.29, 0.717) is 0 Å². The number of piperidine rings is 1. The lowest BCUT2D eigenvalue weighted by atomic mass is 9.73. The van der Waals surface area contributed by atoms with Crippen LogP contribution >= 0.6 is 0 Å². The largest absolute Gasteiger partial charge is 0.483 e. The molecule has 0 aromatic heterocycles. The summed E-state index contributed by atoms with van der Waals surface area (Å²) in [6.45, 7) is 4.46. The topological polar surface area (TPSA) is 32.8 Å². The predicted octanol–water partition coefficient (Wildman–Crippen LogP) is 4.97. The third-order valence-electron chi connectivity index (χ3n) is 7.42. The maximum Gasteiger partial charge on any atom is 0.260 e. The minimum Gasteiger partial charge on any atom is -0.483 e. The van der Waals surface area contributed by atoms with Crippen molar-refractivity contribution in [1.82, 2.24) is 9.80 Å². The Kier molecular flexibility index (Phi) is 7.85.